The Bertz CT molecular complexity index is 430. The second kappa shape index (κ2) is 5.21. The predicted molar refractivity (Wildman–Crippen MR) is 73.2 cm³/mol. The molecule has 17 heavy (non-hydrogen) atoms. The average molecular weight is 296 g/mol. The Hall–Kier alpha value is -0.830. The van der Waals surface area contributed by atoms with Gasteiger partial charge in [0.15, 0.2) is 0 Å². The van der Waals surface area contributed by atoms with Crippen molar-refractivity contribution < 1.29 is 4.79 Å². The van der Waals surface area contributed by atoms with Crippen LogP contribution in [0.25, 0.3) is 0 Å². The van der Waals surface area contributed by atoms with Crippen molar-refractivity contribution in [1.82, 2.24) is 4.90 Å². The fraction of sp³-hybridized carbons (Fsp3) is 0.500. The Morgan fingerprint density at radius 1 is 1.41 bits per heavy atom. The molecule has 92 valence electrons. The highest BCUT2D eigenvalue weighted by atomic mass is 79.9. The van der Waals surface area contributed by atoms with Gasteiger partial charge in [-0.2, -0.15) is 0 Å². The van der Waals surface area contributed by atoms with E-state index in [0.29, 0.717) is 6.04 Å². The summed E-state index contributed by atoms with van der Waals surface area (Å²) in [4.78, 5) is 14.5. The summed E-state index contributed by atoms with van der Waals surface area (Å²) in [5.74, 6) is 0.160. The molecule has 1 atom stereocenters. The molecule has 0 aromatic heterocycles. The molecular weight excluding hydrogens is 278 g/mol. The van der Waals surface area contributed by atoms with Gasteiger partial charge in [0.2, 0.25) is 0 Å². The summed E-state index contributed by atoms with van der Waals surface area (Å²) in [6.07, 6.45) is 3.48. The van der Waals surface area contributed by atoms with Crippen molar-refractivity contribution in [2.45, 2.75) is 39.2 Å². The lowest BCUT2D eigenvalue weighted by molar-refractivity contribution is 0.0634. The Kier molecular flexibility index (Phi) is 3.87. The van der Waals surface area contributed by atoms with Crippen molar-refractivity contribution in [3.05, 3.63) is 33.8 Å². The van der Waals surface area contributed by atoms with E-state index in [4.69, 9.17) is 0 Å². The average Bonchev–Trinajstić information content (AvgIpc) is 2.32. The number of amides is 1. The van der Waals surface area contributed by atoms with Crippen molar-refractivity contribution in [3.8, 4) is 0 Å². The highest BCUT2D eigenvalue weighted by Crippen LogP contribution is 2.25. The quantitative estimate of drug-likeness (QED) is 0.772. The minimum Gasteiger partial charge on any atom is -0.336 e. The molecular formula is C14H18BrNO. The van der Waals surface area contributed by atoms with E-state index >= 15 is 0 Å². The van der Waals surface area contributed by atoms with E-state index in [1.165, 1.54) is 6.42 Å². The molecule has 1 aliphatic rings. The normalized spacial score (nSPS) is 20.4. The van der Waals surface area contributed by atoms with E-state index in [-0.39, 0.29) is 5.91 Å². The standard InChI is InChI=1S/C14H18BrNO/c1-10-6-5-8-12(13(10)15)14(17)16-9-4-3-7-11(16)2/h5-6,8,11H,3-4,7,9H2,1-2H3. The summed E-state index contributed by atoms with van der Waals surface area (Å²) in [6, 6.07) is 6.23. The zero-order valence-corrected chi connectivity index (χ0v) is 12.0. The maximum absolute atomic E-state index is 12.5. The van der Waals surface area contributed by atoms with Crippen LogP contribution in [0.15, 0.2) is 22.7 Å². The molecule has 1 amide bonds. The number of nitrogens with zero attached hydrogens (tertiary/aromatic N) is 1. The first-order valence-electron chi connectivity index (χ1n) is 6.17. The summed E-state index contributed by atoms with van der Waals surface area (Å²) >= 11 is 3.52. The number of likely N-dealkylation sites (tertiary alicyclic amines) is 1. The summed E-state index contributed by atoms with van der Waals surface area (Å²) in [7, 11) is 0. The Labute approximate surface area is 111 Å². The van der Waals surface area contributed by atoms with Gasteiger partial charge in [0.1, 0.15) is 0 Å². The predicted octanol–water partition coefficient (Wildman–Crippen LogP) is 3.77. The van der Waals surface area contributed by atoms with Crippen LogP contribution in [-0.2, 0) is 0 Å². The molecule has 0 spiro atoms. The fourth-order valence-electron chi connectivity index (χ4n) is 2.37. The topological polar surface area (TPSA) is 20.3 Å². The third-order valence-corrected chi connectivity index (χ3v) is 4.54. The zero-order valence-electron chi connectivity index (χ0n) is 10.4. The molecule has 1 fully saturated rings. The number of piperidine rings is 1. The van der Waals surface area contributed by atoms with Crippen LogP contribution in [0.4, 0.5) is 0 Å². The Balaban J connectivity index is 2.27. The van der Waals surface area contributed by atoms with Gasteiger partial charge in [0.25, 0.3) is 5.91 Å². The molecule has 1 aliphatic heterocycles. The Morgan fingerprint density at radius 2 is 2.18 bits per heavy atom. The number of aryl methyl sites for hydroxylation is 1. The molecule has 1 saturated heterocycles. The van der Waals surface area contributed by atoms with Crippen LogP contribution in [0.5, 0.6) is 0 Å². The van der Waals surface area contributed by atoms with Crippen molar-refractivity contribution >= 4 is 21.8 Å². The molecule has 0 bridgehead atoms. The minimum absolute atomic E-state index is 0.160. The highest BCUT2D eigenvalue weighted by molar-refractivity contribution is 9.10. The molecule has 0 saturated carbocycles. The van der Waals surface area contributed by atoms with Gasteiger partial charge < -0.3 is 4.90 Å². The molecule has 2 rings (SSSR count). The van der Waals surface area contributed by atoms with Crippen LogP contribution in [0.2, 0.25) is 0 Å². The van der Waals surface area contributed by atoms with Crippen LogP contribution in [0, 0.1) is 6.92 Å². The first-order valence-corrected chi connectivity index (χ1v) is 6.96. The van der Waals surface area contributed by atoms with Crippen LogP contribution in [0.1, 0.15) is 42.1 Å². The number of carbonyl (C=O) groups excluding carboxylic acids is 1. The number of halogens is 1. The van der Waals surface area contributed by atoms with Gasteiger partial charge in [0, 0.05) is 17.1 Å². The molecule has 1 heterocycles. The molecule has 1 unspecified atom stereocenters. The molecule has 0 N–H and O–H groups in total. The number of benzene rings is 1. The SMILES string of the molecule is Cc1cccc(C(=O)N2CCCCC2C)c1Br. The lowest BCUT2D eigenvalue weighted by Gasteiger charge is -2.33. The third-order valence-electron chi connectivity index (χ3n) is 3.49. The number of carbonyl (C=O) groups is 1. The van der Waals surface area contributed by atoms with Crippen LogP contribution in [0.3, 0.4) is 0 Å². The largest absolute Gasteiger partial charge is 0.336 e. The van der Waals surface area contributed by atoms with Crippen molar-refractivity contribution in [2.24, 2.45) is 0 Å². The van der Waals surface area contributed by atoms with Gasteiger partial charge in [0.05, 0.1) is 5.56 Å². The summed E-state index contributed by atoms with van der Waals surface area (Å²) < 4.78 is 0.933. The lowest BCUT2D eigenvalue weighted by Crippen LogP contribution is -2.42. The maximum atomic E-state index is 12.5. The van der Waals surface area contributed by atoms with Gasteiger partial charge in [-0.05, 0) is 60.7 Å². The number of hydrogen-bond acceptors (Lipinski definition) is 1. The van der Waals surface area contributed by atoms with E-state index in [9.17, 15) is 4.79 Å². The van der Waals surface area contributed by atoms with E-state index in [2.05, 4.69) is 22.9 Å². The molecule has 2 nitrogen and oxygen atoms in total. The number of rotatable bonds is 1. The summed E-state index contributed by atoms with van der Waals surface area (Å²) in [5.41, 5.74) is 1.90. The summed E-state index contributed by atoms with van der Waals surface area (Å²) in [6.45, 7) is 5.04. The molecule has 1 aromatic rings. The van der Waals surface area contributed by atoms with E-state index in [0.717, 1.165) is 35.0 Å². The second-order valence-electron chi connectivity index (χ2n) is 4.78. The monoisotopic (exact) mass is 295 g/mol. The van der Waals surface area contributed by atoms with Crippen molar-refractivity contribution in [3.63, 3.8) is 0 Å². The van der Waals surface area contributed by atoms with Crippen LogP contribution in [-0.4, -0.2) is 23.4 Å². The third kappa shape index (κ3) is 2.54. The first kappa shape index (κ1) is 12.6. The molecule has 1 aromatic carbocycles. The van der Waals surface area contributed by atoms with Crippen molar-refractivity contribution in [1.29, 1.82) is 0 Å². The van der Waals surface area contributed by atoms with Gasteiger partial charge in [-0.1, -0.05) is 12.1 Å². The van der Waals surface area contributed by atoms with E-state index < -0.39 is 0 Å². The molecule has 3 heteroatoms. The number of hydrogen-bond donors (Lipinski definition) is 0. The fourth-order valence-corrected chi connectivity index (χ4v) is 2.80. The van der Waals surface area contributed by atoms with Crippen LogP contribution < -0.4 is 0 Å². The highest BCUT2D eigenvalue weighted by Gasteiger charge is 2.25. The minimum atomic E-state index is 0.160. The lowest BCUT2D eigenvalue weighted by atomic mass is 10.0. The first-order chi connectivity index (χ1) is 8.11. The van der Waals surface area contributed by atoms with Gasteiger partial charge >= 0.3 is 0 Å². The van der Waals surface area contributed by atoms with E-state index in [1.807, 2.05) is 30.0 Å². The van der Waals surface area contributed by atoms with Crippen LogP contribution >= 0.6 is 15.9 Å². The second-order valence-corrected chi connectivity index (χ2v) is 5.57. The van der Waals surface area contributed by atoms with Crippen molar-refractivity contribution in [2.75, 3.05) is 6.54 Å². The van der Waals surface area contributed by atoms with E-state index in [1.54, 1.807) is 0 Å². The van der Waals surface area contributed by atoms with Gasteiger partial charge in [-0.3, -0.25) is 4.79 Å². The molecule has 0 aliphatic carbocycles. The smallest absolute Gasteiger partial charge is 0.255 e. The zero-order chi connectivity index (χ0) is 12.4. The van der Waals surface area contributed by atoms with Gasteiger partial charge in [-0.15, -0.1) is 0 Å². The molecule has 0 radical (unpaired) electrons. The van der Waals surface area contributed by atoms with Gasteiger partial charge in [-0.25, -0.2) is 0 Å². The maximum Gasteiger partial charge on any atom is 0.255 e. The summed E-state index contributed by atoms with van der Waals surface area (Å²) in [5, 5.41) is 0. The Morgan fingerprint density at radius 3 is 2.88 bits per heavy atom.